The van der Waals surface area contributed by atoms with Gasteiger partial charge in [0.1, 0.15) is 0 Å². The first kappa shape index (κ1) is 25.8. The topological polar surface area (TPSA) is 35.5 Å². The highest BCUT2D eigenvalue weighted by Crippen LogP contribution is 2.37. The Morgan fingerprint density at radius 1 is 1.06 bits per heavy atom. The van der Waals surface area contributed by atoms with Crippen LogP contribution in [0, 0.1) is 29.4 Å². The molecule has 1 aromatic carbocycles. The summed E-state index contributed by atoms with van der Waals surface area (Å²) in [7, 11) is 0. The third kappa shape index (κ3) is 7.08. The van der Waals surface area contributed by atoms with Gasteiger partial charge >= 0.3 is 5.97 Å². The number of unbranched alkanes of at least 4 members (excludes halogenated alkanes) is 2. The van der Waals surface area contributed by atoms with E-state index in [2.05, 4.69) is 6.92 Å². The minimum absolute atomic E-state index is 0.0313. The molecular formula is C27H37F3O3. The fourth-order valence-corrected chi connectivity index (χ4v) is 4.99. The maximum absolute atomic E-state index is 14.4. The van der Waals surface area contributed by atoms with Crippen LogP contribution in [0.3, 0.4) is 0 Å². The average Bonchev–Trinajstić information content (AvgIpc) is 2.84. The Balaban J connectivity index is 1.47. The van der Waals surface area contributed by atoms with Gasteiger partial charge in [0.15, 0.2) is 11.6 Å². The van der Waals surface area contributed by atoms with Gasteiger partial charge in [-0.05, 0) is 87.3 Å². The van der Waals surface area contributed by atoms with Crippen LogP contribution in [0.5, 0.6) is 5.75 Å². The number of aryl methyl sites for hydroxylation is 1. The lowest BCUT2D eigenvalue weighted by Gasteiger charge is -2.36. The van der Waals surface area contributed by atoms with Gasteiger partial charge in [-0.1, -0.05) is 32.8 Å². The van der Waals surface area contributed by atoms with Crippen LogP contribution >= 0.6 is 0 Å². The zero-order chi connectivity index (χ0) is 23.8. The van der Waals surface area contributed by atoms with Crippen molar-refractivity contribution in [2.24, 2.45) is 17.8 Å². The number of carbonyl (C=O) groups excluding carboxylic acids is 1. The van der Waals surface area contributed by atoms with Gasteiger partial charge in [-0.15, -0.1) is 0 Å². The van der Waals surface area contributed by atoms with Crippen LogP contribution < -0.4 is 4.74 Å². The van der Waals surface area contributed by atoms with Crippen LogP contribution in [-0.2, 0) is 16.0 Å². The van der Waals surface area contributed by atoms with Crippen molar-refractivity contribution in [2.45, 2.75) is 90.6 Å². The molecular weight excluding hydrogens is 429 g/mol. The molecule has 2 atom stereocenters. The van der Waals surface area contributed by atoms with Gasteiger partial charge in [0, 0.05) is 0 Å². The van der Waals surface area contributed by atoms with Gasteiger partial charge in [-0.3, -0.25) is 4.79 Å². The fourth-order valence-electron chi connectivity index (χ4n) is 4.99. The second-order valence-electron chi connectivity index (χ2n) is 9.52. The van der Waals surface area contributed by atoms with E-state index in [0.29, 0.717) is 36.7 Å². The number of allylic oxidation sites excluding steroid dienone is 2. The Hall–Kier alpha value is -1.82. The number of rotatable bonds is 9. The largest absolute Gasteiger partial charge is 0.423 e. The van der Waals surface area contributed by atoms with Gasteiger partial charge in [0.05, 0.1) is 24.5 Å². The van der Waals surface area contributed by atoms with Crippen molar-refractivity contribution in [1.82, 2.24) is 0 Å². The van der Waals surface area contributed by atoms with E-state index in [1.807, 2.05) is 6.92 Å². The van der Waals surface area contributed by atoms with E-state index in [1.54, 1.807) is 6.08 Å². The molecule has 0 aromatic heterocycles. The van der Waals surface area contributed by atoms with Crippen molar-refractivity contribution in [3.05, 3.63) is 41.2 Å². The summed E-state index contributed by atoms with van der Waals surface area (Å²) < 4.78 is 53.5. The van der Waals surface area contributed by atoms with Crippen LogP contribution in [0.2, 0.25) is 0 Å². The standard InChI is InChI=1S/C27H37F3O3/c1-3-5-6-7-20-12-15-24(26(30)25(20)29)33-27(31)21-13-14-23(32-17-21)19-10-8-18(9-11-19)16-22(28)4-2/h12,15-16,18-19,21,23H,3-11,13-14,17H2,1-2H3/b22-16-. The number of hydrogen-bond donors (Lipinski definition) is 0. The van der Waals surface area contributed by atoms with E-state index >= 15 is 0 Å². The Bertz CT molecular complexity index is 807. The first-order chi connectivity index (χ1) is 15.9. The predicted octanol–water partition coefficient (Wildman–Crippen LogP) is 7.47. The highest BCUT2D eigenvalue weighted by Gasteiger charge is 2.34. The van der Waals surface area contributed by atoms with Gasteiger partial charge in [0.25, 0.3) is 0 Å². The summed E-state index contributed by atoms with van der Waals surface area (Å²) in [6.45, 7) is 4.10. The first-order valence-electron chi connectivity index (χ1n) is 12.6. The highest BCUT2D eigenvalue weighted by molar-refractivity contribution is 5.75. The van der Waals surface area contributed by atoms with Crippen LogP contribution in [-0.4, -0.2) is 18.7 Å². The maximum atomic E-state index is 14.4. The number of benzene rings is 1. The maximum Gasteiger partial charge on any atom is 0.316 e. The summed E-state index contributed by atoms with van der Waals surface area (Å²) in [5, 5.41) is 0. The molecule has 1 aromatic rings. The third-order valence-corrected chi connectivity index (χ3v) is 7.13. The summed E-state index contributed by atoms with van der Waals surface area (Å²) >= 11 is 0. The number of halogens is 3. The van der Waals surface area contributed by atoms with Crippen molar-refractivity contribution in [1.29, 1.82) is 0 Å². The minimum Gasteiger partial charge on any atom is -0.423 e. The molecule has 0 bridgehead atoms. The van der Waals surface area contributed by atoms with Crippen LogP contribution in [0.1, 0.15) is 83.6 Å². The van der Waals surface area contributed by atoms with Gasteiger partial charge < -0.3 is 9.47 Å². The van der Waals surface area contributed by atoms with Crippen LogP contribution in [0.15, 0.2) is 24.0 Å². The monoisotopic (exact) mass is 466 g/mol. The average molecular weight is 467 g/mol. The number of carbonyl (C=O) groups is 1. The normalized spacial score (nSPS) is 26.3. The van der Waals surface area contributed by atoms with Crippen molar-refractivity contribution < 1.29 is 27.4 Å². The molecule has 3 nitrogen and oxygen atoms in total. The molecule has 0 radical (unpaired) electrons. The summed E-state index contributed by atoms with van der Waals surface area (Å²) in [6.07, 6.45) is 10.8. The number of hydrogen-bond acceptors (Lipinski definition) is 3. The molecule has 2 aliphatic rings. The van der Waals surface area contributed by atoms with Gasteiger partial charge in [-0.2, -0.15) is 4.39 Å². The molecule has 184 valence electrons. The molecule has 1 aliphatic carbocycles. The molecule has 6 heteroatoms. The van der Waals surface area contributed by atoms with Crippen molar-refractivity contribution >= 4 is 5.97 Å². The second-order valence-corrected chi connectivity index (χ2v) is 9.52. The molecule has 2 fully saturated rings. The van der Waals surface area contributed by atoms with E-state index in [1.165, 1.54) is 12.1 Å². The zero-order valence-electron chi connectivity index (χ0n) is 19.9. The Morgan fingerprint density at radius 2 is 1.82 bits per heavy atom. The summed E-state index contributed by atoms with van der Waals surface area (Å²) in [5.41, 5.74) is 0.312. The van der Waals surface area contributed by atoms with Crippen LogP contribution in [0.25, 0.3) is 0 Å². The Labute approximate surface area is 195 Å². The van der Waals surface area contributed by atoms with Crippen molar-refractivity contribution in [2.75, 3.05) is 6.61 Å². The van der Waals surface area contributed by atoms with E-state index in [0.717, 1.165) is 51.4 Å². The number of esters is 1. The molecule has 1 heterocycles. The molecule has 2 unspecified atom stereocenters. The molecule has 1 saturated carbocycles. The van der Waals surface area contributed by atoms with Crippen molar-refractivity contribution in [3.8, 4) is 5.75 Å². The van der Waals surface area contributed by atoms with Crippen molar-refractivity contribution in [3.63, 3.8) is 0 Å². The fraction of sp³-hybridized carbons (Fsp3) is 0.667. The highest BCUT2D eigenvalue weighted by atomic mass is 19.2. The smallest absolute Gasteiger partial charge is 0.316 e. The Kier molecular flexibility index (Phi) is 9.84. The lowest BCUT2D eigenvalue weighted by molar-refractivity contribution is -0.147. The van der Waals surface area contributed by atoms with Gasteiger partial charge in [-0.25, -0.2) is 8.78 Å². The summed E-state index contributed by atoms with van der Waals surface area (Å²) in [5.74, 6) is -2.75. The van der Waals surface area contributed by atoms with Gasteiger partial charge in [0.2, 0.25) is 5.82 Å². The SMILES string of the molecule is CCCCCc1ccc(OC(=O)C2CCC(C3CCC(/C=C(\F)CC)CC3)OC2)c(F)c1F. The second kappa shape index (κ2) is 12.6. The minimum atomic E-state index is -1.10. The van der Waals surface area contributed by atoms with E-state index in [9.17, 15) is 18.0 Å². The lowest BCUT2D eigenvalue weighted by Crippen LogP contribution is -2.37. The summed E-state index contributed by atoms with van der Waals surface area (Å²) in [4.78, 5) is 12.6. The molecule has 33 heavy (non-hydrogen) atoms. The zero-order valence-corrected chi connectivity index (χ0v) is 19.9. The molecule has 0 N–H and O–H groups in total. The van der Waals surface area contributed by atoms with E-state index in [-0.39, 0.29) is 24.3 Å². The quantitative estimate of drug-likeness (QED) is 0.215. The van der Waals surface area contributed by atoms with E-state index < -0.39 is 23.5 Å². The molecule has 1 saturated heterocycles. The molecule has 3 rings (SSSR count). The lowest BCUT2D eigenvalue weighted by atomic mass is 9.77. The van der Waals surface area contributed by atoms with Crippen LogP contribution in [0.4, 0.5) is 13.2 Å². The summed E-state index contributed by atoms with van der Waals surface area (Å²) in [6, 6.07) is 2.85. The third-order valence-electron chi connectivity index (χ3n) is 7.13. The molecule has 0 spiro atoms. The molecule has 1 aliphatic heterocycles. The predicted molar refractivity (Wildman–Crippen MR) is 123 cm³/mol. The Morgan fingerprint density at radius 3 is 2.45 bits per heavy atom. The number of ether oxygens (including phenoxy) is 2. The van der Waals surface area contributed by atoms with E-state index in [4.69, 9.17) is 9.47 Å². The molecule has 0 amide bonds. The first-order valence-corrected chi connectivity index (χ1v) is 12.6.